The number of carboxylic acid groups (broad SMARTS) is 1. The Balaban J connectivity index is 4.07. The van der Waals surface area contributed by atoms with Gasteiger partial charge in [-0.15, -0.1) is 0 Å². The van der Waals surface area contributed by atoms with E-state index in [4.69, 9.17) is 18.9 Å². The topological polar surface area (TPSA) is 108 Å². The van der Waals surface area contributed by atoms with Gasteiger partial charge >= 0.3 is 17.9 Å². The zero-order valence-corrected chi connectivity index (χ0v) is 58.8. The first-order chi connectivity index (χ1) is 43.6. The number of quaternary nitrogens is 1. The number of ether oxygens (including phenoxy) is 4. The molecule has 0 bridgehead atoms. The van der Waals surface area contributed by atoms with Crippen LogP contribution in [0.25, 0.3) is 0 Å². The largest absolute Gasteiger partial charge is 0.477 e. The van der Waals surface area contributed by atoms with E-state index in [-0.39, 0.29) is 32.2 Å². The molecule has 2 atom stereocenters. The first-order valence-corrected chi connectivity index (χ1v) is 37.4. The highest BCUT2D eigenvalue weighted by Crippen LogP contribution is 2.18. The van der Waals surface area contributed by atoms with Gasteiger partial charge < -0.3 is 28.5 Å². The maximum Gasteiger partial charge on any atom is 0.361 e. The standard InChI is InChI=1S/C80H141NO8/c1-6-8-10-12-14-16-18-20-22-24-26-28-30-32-34-35-36-37-38-39-40-41-42-43-45-47-49-51-53-55-57-59-61-63-65-67-69-71-78(83)89-76(75-88-80(79(84)85)86-73-72-81(3,4)5)74-87-77(82)70-68-66-64-62-60-58-56-54-52-50-48-46-44-33-31-29-27-25-23-21-19-17-15-13-11-9-7-2/h8,10,14,16,20,22,25-28,32,34,36-37,39-40,76,80H,6-7,9,11-13,15,17-19,21,23-24,29-31,33,35,38,41-75H2,1-5H3/p+1/b10-8-,16-14-,22-20-,27-25-,28-26-,34-32-,37-36-,40-39-. The summed E-state index contributed by atoms with van der Waals surface area (Å²) < 4.78 is 23.0. The number of hydrogen-bond acceptors (Lipinski definition) is 7. The fraction of sp³-hybridized carbons (Fsp3) is 0.762. The zero-order chi connectivity index (χ0) is 64.7. The first kappa shape index (κ1) is 85.2. The van der Waals surface area contributed by atoms with Crippen molar-refractivity contribution in [3.63, 3.8) is 0 Å². The average Bonchev–Trinajstić information content (AvgIpc) is 3.70. The van der Waals surface area contributed by atoms with E-state index in [2.05, 4.69) is 111 Å². The molecule has 0 amide bonds. The number of likely N-dealkylation sites (N-methyl/N-ethyl adjacent to an activating group) is 1. The number of allylic oxidation sites excluding steroid dienone is 16. The Morgan fingerprint density at radius 1 is 0.348 bits per heavy atom. The number of esters is 2. The molecule has 9 nitrogen and oxygen atoms in total. The maximum atomic E-state index is 13.0. The summed E-state index contributed by atoms with van der Waals surface area (Å²) >= 11 is 0. The lowest BCUT2D eigenvalue weighted by atomic mass is 10.0. The number of unbranched alkanes of at least 4 members (excludes halogenated alkanes) is 38. The number of aliphatic carboxylic acids is 1. The lowest BCUT2D eigenvalue weighted by molar-refractivity contribution is -0.870. The molecule has 0 fully saturated rings. The van der Waals surface area contributed by atoms with Crippen molar-refractivity contribution < 1.29 is 42.9 Å². The van der Waals surface area contributed by atoms with E-state index in [1.165, 1.54) is 225 Å². The molecule has 0 spiro atoms. The van der Waals surface area contributed by atoms with Crippen molar-refractivity contribution >= 4 is 17.9 Å². The smallest absolute Gasteiger partial charge is 0.361 e. The molecule has 514 valence electrons. The van der Waals surface area contributed by atoms with E-state index in [0.29, 0.717) is 17.4 Å². The summed E-state index contributed by atoms with van der Waals surface area (Å²) in [4.78, 5) is 37.7. The predicted molar refractivity (Wildman–Crippen MR) is 382 cm³/mol. The lowest BCUT2D eigenvalue weighted by Gasteiger charge is -2.25. The molecule has 9 heteroatoms. The van der Waals surface area contributed by atoms with Gasteiger partial charge in [0.15, 0.2) is 6.10 Å². The molecular formula is C80H142NO8+. The Morgan fingerprint density at radius 3 is 0.966 bits per heavy atom. The van der Waals surface area contributed by atoms with Crippen LogP contribution < -0.4 is 0 Å². The molecule has 0 aliphatic carbocycles. The second kappa shape index (κ2) is 70.1. The van der Waals surface area contributed by atoms with Crippen molar-refractivity contribution in [3.8, 4) is 0 Å². The van der Waals surface area contributed by atoms with E-state index in [1.54, 1.807) is 0 Å². The molecule has 2 unspecified atom stereocenters. The molecule has 0 aromatic heterocycles. The summed E-state index contributed by atoms with van der Waals surface area (Å²) in [5.74, 6) is -1.99. The number of carboxylic acids is 1. The monoisotopic (exact) mass is 1250 g/mol. The van der Waals surface area contributed by atoms with Gasteiger partial charge in [0, 0.05) is 12.8 Å². The Morgan fingerprint density at radius 2 is 0.640 bits per heavy atom. The van der Waals surface area contributed by atoms with Gasteiger partial charge in [0.05, 0.1) is 34.4 Å². The van der Waals surface area contributed by atoms with Crippen LogP contribution in [0.3, 0.4) is 0 Å². The molecule has 0 heterocycles. The van der Waals surface area contributed by atoms with Gasteiger partial charge in [0.2, 0.25) is 0 Å². The van der Waals surface area contributed by atoms with E-state index >= 15 is 0 Å². The fourth-order valence-electron chi connectivity index (χ4n) is 10.6. The average molecular weight is 1250 g/mol. The predicted octanol–water partition coefficient (Wildman–Crippen LogP) is 23.6. The third kappa shape index (κ3) is 71.5. The summed E-state index contributed by atoms with van der Waals surface area (Å²) in [5, 5.41) is 9.76. The summed E-state index contributed by atoms with van der Waals surface area (Å²) in [5.41, 5.74) is 0. The molecule has 89 heavy (non-hydrogen) atoms. The van der Waals surface area contributed by atoms with Crippen LogP contribution in [0.1, 0.15) is 335 Å². The number of carbonyl (C=O) groups is 3. The van der Waals surface area contributed by atoms with Gasteiger partial charge in [-0.1, -0.05) is 323 Å². The van der Waals surface area contributed by atoms with Gasteiger partial charge in [-0.3, -0.25) is 9.59 Å². The van der Waals surface area contributed by atoms with E-state index in [1.807, 2.05) is 21.1 Å². The van der Waals surface area contributed by atoms with Crippen LogP contribution in [0, 0.1) is 0 Å². The second-order valence-corrected chi connectivity index (χ2v) is 26.2. The fourth-order valence-corrected chi connectivity index (χ4v) is 10.6. The number of carbonyl (C=O) groups excluding carboxylic acids is 2. The molecule has 0 aliphatic heterocycles. The molecule has 0 aliphatic rings. The quantitative estimate of drug-likeness (QED) is 0.0211. The highest BCUT2D eigenvalue weighted by atomic mass is 16.7. The Hall–Kier alpha value is -3.79. The summed E-state index contributed by atoms with van der Waals surface area (Å²) in [7, 11) is 5.99. The van der Waals surface area contributed by atoms with Crippen molar-refractivity contribution in [3.05, 3.63) is 97.2 Å². The van der Waals surface area contributed by atoms with Crippen LogP contribution in [0.5, 0.6) is 0 Å². The molecule has 0 radical (unpaired) electrons. The maximum absolute atomic E-state index is 13.0. The Bertz CT molecular complexity index is 1790. The minimum atomic E-state index is -1.51. The normalized spacial score (nSPS) is 13.2. The van der Waals surface area contributed by atoms with Crippen molar-refractivity contribution in [1.82, 2.24) is 0 Å². The summed E-state index contributed by atoms with van der Waals surface area (Å²) in [6, 6.07) is 0. The molecule has 0 saturated carbocycles. The van der Waals surface area contributed by atoms with Crippen LogP contribution in [0.4, 0.5) is 0 Å². The van der Waals surface area contributed by atoms with Crippen molar-refractivity contribution in [1.29, 1.82) is 0 Å². The Labute approximate surface area is 550 Å². The van der Waals surface area contributed by atoms with Crippen LogP contribution >= 0.6 is 0 Å². The van der Waals surface area contributed by atoms with E-state index < -0.39 is 24.3 Å². The second-order valence-electron chi connectivity index (χ2n) is 26.2. The van der Waals surface area contributed by atoms with Gasteiger partial charge in [-0.05, 0) is 96.3 Å². The van der Waals surface area contributed by atoms with Gasteiger partial charge in [-0.25, -0.2) is 4.79 Å². The Kier molecular flexibility index (Phi) is 67.1. The minimum absolute atomic E-state index is 0.182. The molecule has 0 aromatic carbocycles. The number of nitrogens with zero attached hydrogens (tertiary/aromatic N) is 1. The van der Waals surface area contributed by atoms with Crippen molar-refractivity contribution in [2.75, 3.05) is 47.5 Å². The molecule has 0 aromatic rings. The van der Waals surface area contributed by atoms with E-state index in [9.17, 15) is 19.5 Å². The van der Waals surface area contributed by atoms with Gasteiger partial charge in [0.25, 0.3) is 6.29 Å². The van der Waals surface area contributed by atoms with Crippen LogP contribution in [-0.2, 0) is 33.3 Å². The third-order valence-electron chi connectivity index (χ3n) is 16.3. The lowest BCUT2D eigenvalue weighted by Crippen LogP contribution is -2.40. The highest BCUT2D eigenvalue weighted by molar-refractivity contribution is 5.71. The highest BCUT2D eigenvalue weighted by Gasteiger charge is 2.25. The summed E-state index contributed by atoms with van der Waals surface area (Å²) in [6.07, 6.45) is 93.9. The zero-order valence-electron chi connectivity index (χ0n) is 58.8. The van der Waals surface area contributed by atoms with Crippen LogP contribution in [0.15, 0.2) is 97.2 Å². The van der Waals surface area contributed by atoms with Crippen molar-refractivity contribution in [2.24, 2.45) is 0 Å². The SMILES string of the molecule is CC/C=C\C/C=C\C/C=C\C/C=C\C/C=C\C/C=C\C/C=C\CCCCCCCCCCCCCCCCCC(=O)OC(COC(=O)CCCCCCCCCCCCCCCCC/C=C\CCCCCCCCCC)COC(OCC[N+](C)(C)C)C(=O)O. The van der Waals surface area contributed by atoms with E-state index in [0.717, 1.165) is 83.5 Å². The summed E-state index contributed by atoms with van der Waals surface area (Å²) in [6.45, 7) is 4.80. The molecule has 1 N–H and O–H groups in total. The molecular weight excluding hydrogens is 1100 g/mol. The molecule has 0 rings (SSSR count). The number of hydrogen-bond donors (Lipinski definition) is 1. The third-order valence-corrected chi connectivity index (χ3v) is 16.3. The van der Waals surface area contributed by atoms with Gasteiger partial charge in [0.1, 0.15) is 13.2 Å². The first-order valence-electron chi connectivity index (χ1n) is 37.4. The minimum Gasteiger partial charge on any atom is -0.477 e. The number of rotatable bonds is 69. The van der Waals surface area contributed by atoms with Crippen LogP contribution in [0.2, 0.25) is 0 Å². The molecule has 0 saturated heterocycles. The van der Waals surface area contributed by atoms with Gasteiger partial charge in [-0.2, -0.15) is 0 Å². The van der Waals surface area contributed by atoms with Crippen molar-refractivity contribution in [2.45, 2.75) is 347 Å². The van der Waals surface area contributed by atoms with Crippen LogP contribution in [-0.4, -0.2) is 87.4 Å².